The normalized spacial score (nSPS) is 10.9. The van der Waals surface area contributed by atoms with Gasteiger partial charge in [0.25, 0.3) is 0 Å². The van der Waals surface area contributed by atoms with Crippen molar-refractivity contribution in [3.8, 4) is 0 Å². The van der Waals surface area contributed by atoms with Crippen molar-refractivity contribution in [2.24, 2.45) is 0 Å². The van der Waals surface area contributed by atoms with Crippen molar-refractivity contribution in [1.29, 1.82) is 0 Å². The van der Waals surface area contributed by atoms with Crippen LogP contribution < -0.4 is 5.32 Å². The molecule has 0 bridgehead atoms. The van der Waals surface area contributed by atoms with Crippen LogP contribution in [0.15, 0.2) is 29.2 Å². The minimum Gasteiger partial charge on any atom is -0.462 e. The molecule has 0 saturated carbocycles. The molecule has 0 fully saturated rings. The van der Waals surface area contributed by atoms with E-state index in [4.69, 9.17) is 9.15 Å². The Morgan fingerprint density at radius 3 is 2.87 bits per heavy atom. The molecule has 1 heterocycles. The van der Waals surface area contributed by atoms with E-state index in [0.29, 0.717) is 19.3 Å². The molecule has 0 unspecified atom stereocenters. The Labute approximate surface area is 91.1 Å². The summed E-state index contributed by atoms with van der Waals surface area (Å²) in [6, 6.07) is 4.39. The van der Waals surface area contributed by atoms with Crippen molar-refractivity contribution in [1.82, 2.24) is 5.32 Å². The Hall–Kier alpha value is -1.06. The van der Waals surface area contributed by atoms with E-state index in [-0.39, 0.29) is 0 Å². The van der Waals surface area contributed by atoms with Gasteiger partial charge in [0.15, 0.2) is 0 Å². The van der Waals surface area contributed by atoms with Crippen LogP contribution in [0.25, 0.3) is 0 Å². The zero-order chi connectivity index (χ0) is 11.1. The van der Waals surface area contributed by atoms with Crippen molar-refractivity contribution >= 4 is 0 Å². The van der Waals surface area contributed by atoms with Crippen molar-refractivity contribution in [2.45, 2.75) is 33.0 Å². The molecule has 0 atom stereocenters. The monoisotopic (exact) mass is 209 g/mol. The number of hydrogen-bond donors (Lipinski definition) is 1. The third-order valence-corrected chi connectivity index (χ3v) is 1.88. The number of nitrogens with one attached hydrogen (secondary N) is 1. The van der Waals surface area contributed by atoms with Crippen LogP contribution in [-0.2, 0) is 17.9 Å². The second-order valence-electron chi connectivity index (χ2n) is 3.71. The maximum atomic E-state index is 5.56. The predicted octanol–water partition coefficient (Wildman–Crippen LogP) is 2.48. The minimum atomic E-state index is 0.468. The molecule has 1 rings (SSSR count). The maximum absolute atomic E-state index is 5.56. The molecule has 15 heavy (non-hydrogen) atoms. The Kier molecular flexibility index (Phi) is 5.15. The van der Waals surface area contributed by atoms with Crippen LogP contribution in [0.2, 0.25) is 0 Å². The van der Waals surface area contributed by atoms with Gasteiger partial charge in [0.2, 0.25) is 0 Å². The van der Waals surface area contributed by atoms with Crippen LogP contribution >= 0.6 is 0 Å². The van der Waals surface area contributed by atoms with E-state index >= 15 is 0 Å². The lowest BCUT2D eigenvalue weighted by molar-refractivity contribution is 0.130. The maximum Gasteiger partial charge on any atom is 0.129 e. The average Bonchev–Trinajstić information content (AvgIpc) is 2.63. The summed E-state index contributed by atoms with van der Waals surface area (Å²) in [5.41, 5.74) is 0. The lowest BCUT2D eigenvalue weighted by Gasteiger charge is -2.05. The largest absolute Gasteiger partial charge is 0.462 e. The van der Waals surface area contributed by atoms with Gasteiger partial charge >= 0.3 is 0 Å². The summed E-state index contributed by atoms with van der Waals surface area (Å²) >= 11 is 0. The van der Waals surface area contributed by atoms with E-state index in [0.717, 1.165) is 18.1 Å². The van der Waals surface area contributed by atoms with Crippen LogP contribution in [0.3, 0.4) is 0 Å². The van der Waals surface area contributed by atoms with Gasteiger partial charge in [-0.2, -0.15) is 0 Å². The van der Waals surface area contributed by atoms with Crippen LogP contribution in [0.5, 0.6) is 0 Å². The highest BCUT2D eigenvalue weighted by molar-refractivity contribution is 5.06. The molecule has 3 heteroatoms. The Morgan fingerprint density at radius 2 is 2.20 bits per heavy atom. The van der Waals surface area contributed by atoms with Gasteiger partial charge in [0.1, 0.15) is 18.1 Å². The van der Waals surface area contributed by atoms with Crippen molar-refractivity contribution in [3.05, 3.63) is 36.3 Å². The molecular weight excluding hydrogens is 190 g/mol. The van der Waals surface area contributed by atoms with Crippen molar-refractivity contribution < 1.29 is 9.15 Å². The zero-order valence-electron chi connectivity index (χ0n) is 9.45. The summed E-state index contributed by atoms with van der Waals surface area (Å²) in [6.45, 7) is 9.62. The van der Waals surface area contributed by atoms with Gasteiger partial charge in [0.05, 0.1) is 13.2 Å². The summed E-state index contributed by atoms with van der Waals surface area (Å²) < 4.78 is 10.8. The van der Waals surface area contributed by atoms with E-state index in [1.54, 1.807) is 6.08 Å². The van der Waals surface area contributed by atoms with Gasteiger partial charge in [-0.25, -0.2) is 0 Å². The number of rotatable bonds is 7. The fourth-order valence-corrected chi connectivity index (χ4v) is 1.14. The van der Waals surface area contributed by atoms with Gasteiger partial charge in [0, 0.05) is 6.04 Å². The first-order valence-corrected chi connectivity index (χ1v) is 5.22. The fraction of sp³-hybridized carbons (Fsp3) is 0.500. The molecule has 84 valence electrons. The molecule has 0 aliphatic carbocycles. The zero-order valence-corrected chi connectivity index (χ0v) is 9.45. The smallest absolute Gasteiger partial charge is 0.129 e. The summed E-state index contributed by atoms with van der Waals surface area (Å²) in [6.07, 6.45) is 1.73. The number of hydrogen-bond acceptors (Lipinski definition) is 3. The van der Waals surface area contributed by atoms with Gasteiger partial charge in [-0.3, -0.25) is 0 Å². The molecule has 1 N–H and O–H groups in total. The first-order valence-electron chi connectivity index (χ1n) is 5.22. The molecule has 0 aliphatic rings. The highest BCUT2D eigenvalue weighted by Gasteiger charge is 2.02. The summed E-state index contributed by atoms with van der Waals surface area (Å²) in [7, 11) is 0. The summed E-state index contributed by atoms with van der Waals surface area (Å²) in [4.78, 5) is 0. The molecule has 0 saturated heterocycles. The van der Waals surface area contributed by atoms with E-state index < -0.39 is 0 Å². The quantitative estimate of drug-likeness (QED) is 0.553. The molecule has 0 spiro atoms. The first-order chi connectivity index (χ1) is 7.22. The topological polar surface area (TPSA) is 34.4 Å². The third-order valence-electron chi connectivity index (χ3n) is 1.88. The lowest BCUT2D eigenvalue weighted by Crippen LogP contribution is -2.21. The van der Waals surface area contributed by atoms with Gasteiger partial charge in [-0.05, 0) is 12.1 Å². The molecule has 0 aromatic carbocycles. The van der Waals surface area contributed by atoms with Gasteiger partial charge in [-0.15, -0.1) is 6.58 Å². The van der Waals surface area contributed by atoms with E-state index in [9.17, 15) is 0 Å². The average molecular weight is 209 g/mol. The standard InChI is InChI=1S/C12H19NO2/c1-4-7-14-9-12-6-5-11(15-12)8-13-10(2)3/h4-6,10,13H,1,7-9H2,2-3H3. The Balaban J connectivity index is 2.32. The van der Waals surface area contributed by atoms with Crippen LogP contribution in [-0.4, -0.2) is 12.6 Å². The molecule has 3 nitrogen and oxygen atoms in total. The van der Waals surface area contributed by atoms with E-state index in [2.05, 4.69) is 25.7 Å². The highest BCUT2D eigenvalue weighted by Crippen LogP contribution is 2.09. The highest BCUT2D eigenvalue weighted by atomic mass is 16.5. The summed E-state index contributed by atoms with van der Waals surface area (Å²) in [5.74, 6) is 1.80. The van der Waals surface area contributed by atoms with Gasteiger partial charge < -0.3 is 14.5 Å². The molecule has 0 aliphatic heterocycles. The molecule has 1 aromatic rings. The molecule has 0 radical (unpaired) electrons. The Morgan fingerprint density at radius 1 is 1.47 bits per heavy atom. The van der Waals surface area contributed by atoms with E-state index in [1.807, 2.05) is 12.1 Å². The molecule has 1 aromatic heterocycles. The SMILES string of the molecule is C=CCOCc1ccc(CNC(C)C)o1. The van der Waals surface area contributed by atoms with E-state index in [1.165, 1.54) is 0 Å². The molecular formula is C12H19NO2. The lowest BCUT2D eigenvalue weighted by atomic mass is 10.3. The second-order valence-corrected chi connectivity index (χ2v) is 3.71. The van der Waals surface area contributed by atoms with Crippen molar-refractivity contribution in [3.63, 3.8) is 0 Å². The van der Waals surface area contributed by atoms with Crippen LogP contribution in [0.1, 0.15) is 25.4 Å². The molecule has 0 amide bonds. The van der Waals surface area contributed by atoms with Gasteiger partial charge in [-0.1, -0.05) is 19.9 Å². The van der Waals surface area contributed by atoms with Crippen LogP contribution in [0, 0.1) is 0 Å². The Bertz CT molecular complexity index is 292. The van der Waals surface area contributed by atoms with Crippen LogP contribution in [0.4, 0.5) is 0 Å². The number of ether oxygens (including phenoxy) is 1. The number of furan rings is 1. The first kappa shape index (κ1) is 12.0. The third kappa shape index (κ3) is 4.81. The predicted molar refractivity (Wildman–Crippen MR) is 60.5 cm³/mol. The fourth-order valence-electron chi connectivity index (χ4n) is 1.14. The van der Waals surface area contributed by atoms with Crippen molar-refractivity contribution in [2.75, 3.05) is 6.61 Å². The minimum absolute atomic E-state index is 0.468. The second kappa shape index (κ2) is 6.43. The summed E-state index contributed by atoms with van der Waals surface area (Å²) in [5, 5.41) is 3.29.